The second-order valence-electron chi connectivity index (χ2n) is 11.5. The van der Waals surface area contributed by atoms with E-state index in [0.717, 1.165) is 38.5 Å². The zero-order valence-electron chi connectivity index (χ0n) is 26.0. The lowest BCUT2D eigenvalue weighted by atomic mass is 10.0. The Labute approximate surface area is 249 Å². The fourth-order valence-electron chi connectivity index (χ4n) is 5.24. The molecule has 2 amide bonds. The van der Waals surface area contributed by atoms with Gasteiger partial charge in [0.2, 0.25) is 11.8 Å². The van der Waals surface area contributed by atoms with Crippen molar-refractivity contribution in [2.75, 3.05) is 6.61 Å². The lowest BCUT2D eigenvalue weighted by molar-refractivity contribution is -0.164. The molecule has 1 unspecified atom stereocenters. The number of carboxylic acid groups (broad SMARTS) is 1. The van der Waals surface area contributed by atoms with Gasteiger partial charge in [0.05, 0.1) is 6.61 Å². The normalized spacial score (nSPS) is 13.2. The minimum atomic E-state index is -5.63. The van der Waals surface area contributed by atoms with Crippen molar-refractivity contribution in [2.45, 2.75) is 173 Å². The molecule has 0 aromatic carbocycles. The number of rotatable bonds is 28. The standard InChI is InChI=1S/C31H60NO8P/c1-3-5-7-9-11-13-15-17-19-21-23-25-28(34)32(31(27-33,30(36)37)41(38,39)40)29(35)26-24-22-20-18-16-14-12-10-8-6-4-2/h33H,3-27H2,1-2H3,(H,36,37)(H2,38,39,40). The second-order valence-corrected chi connectivity index (χ2v) is 13.3. The van der Waals surface area contributed by atoms with Crippen molar-refractivity contribution in [2.24, 2.45) is 0 Å². The lowest BCUT2D eigenvalue weighted by Gasteiger charge is -2.37. The number of aliphatic carboxylic acids is 1. The maximum absolute atomic E-state index is 13.1. The number of carboxylic acids is 1. The Bertz CT molecular complexity index is 718. The molecule has 0 aromatic rings. The molecule has 1 atom stereocenters. The smallest absolute Gasteiger partial charge is 0.365 e. The highest BCUT2D eigenvalue weighted by Gasteiger charge is 2.62. The molecule has 4 N–H and O–H groups in total. The summed E-state index contributed by atoms with van der Waals surface area (Å²) in [6, 6.07) is 0. The van der Waals surface area contributed by atoms with Crippen LogP contribution in [0.3, 0.4) is 0 Å². The van der Waals surface area contributed by atoms with Crippen LogP contribution < -0.4 is 0 Å². The minimum Gasteiger partial charge on any atom is -0.479 e. The fraction of sp³-hybridized carbons (Fsp3) is 0.903. The average molecular weight is 606 g/mol. The van der Waals surface area contributed by atoms with E-state index in [1.807, 2.05) is 0 Å². The van der Waals surface area contributed by atoms with Gasteiger partial charge >= 0.3 is 13.6 Å². The molecule has 242 valence electrons. The Morgan fingerprint density at radius 2 is 0.829 bits per heavy atom. The zero-order chi connectivity index (χ0) is 31.0. The number of aliphatic hydroxyl groups excluding tert-OH is 1. The quantitative estimate of drug-likeness (QED) is 0.0523. The summed E-state index contributed by atoms with van der Waals surface area (Å²) >= 11 is 0. The maximum Gasteiger partial charge on any atom is 0.365 e. The van der Waals surface area contributed by atoms with Crippen LogP contribution in [0.5, 0.6) is 0 Å². The number of hydrogen-bond acceptors (Lipinski definition) is 5. The molecule has 0 radical (unpaired) electrons. The summed E-state index contributed by atoms with van der Waals surface area (Å²) in [6.45, 7) is 2.83. The Hall–Kier alpha value is -1.28. The van der Waals surface area contributed by atoms with Gasteiger partial charge in [-0.25, -0.2) is 4.79 Å². The molecule has 0 saturated heterocycles. The van der Waals surface area contributed by atoms with Gasteiger partial charge in [-0.1, -0.05) is 142 Å². The number of carbonyl (C=O) groups is 3. The zero-order valence-corrected chi connectivity index (χ0v) is 26.9. The highest BCUT2D eigenvalue weighted by atomic mass is 31.2. The molecule has 0 heterocycles. The molecule has 41 heavy (non-hydrogen) atoms. The number of hydrogen-bond donors (Lipinski definition) is 4. The van der Waals surface area contributed by atoms with E-state index in [1.165, 1.54) is 77.0 Å². The van der Waals surface area contributed by atoms with E-state index in [-0.39, 0.29) is 17.7 Å². The molecule has 0 saturated carbocycles. The summed E-state index contributed by atoms with van der Waals surface area (Å²) in [5, 5.41) is 16.3. The Morgan fingerprint density at radius 1 is 0.561 bits per heavy atom. The monoisotopic (exact) mass is 605 g/mol. The molecule has 0 spiro atoms. The summed E-state index contributed by atoms with van der Waals surface area (Å²) in [5.41, 5.74) is 0. The van der Waals surface area contributed by atoms with Crippen molar-refractivity contribution in [1.29, 1.82) is 0 Å². The van der Waals surface area contributed by atoms with Gasteiger partial charge in [-0.15, -0.1) is 0 Å². The van der Waals surface area contributed by atoms with Gasteiger partial charge in [-0.2, -0.15) is 0 Å². The van der Waals surface area contributed by atoms with E-state index in [2.05, 4.69) is 13.8 Å². The van der Waals surface area contributed by atoms with E-state index in [1.54, 1.807) is 0 Å². The SMILES string of the molecule is CCCCCCCCCCCCCC(=O)N(C(=O)CCCCCCCCCCCCC)C(CO)(C(=O)O)P(=O)(O)O. The number of amides is 2. The fourth-order valence-corrected chi connectivity index (χ4v) is 6.15. The number of nitrogens with zero attached hydrogens (tertiary/aromatic N) is 1. The van der Waals surface area contributed by atoms with Gasteiger partial charge < -0.3 is 20.0 Å². The summed E-state index contributed by atoms with van der Waals surface area (Å²) in [6.07, 6.45) is 22.5. The first kappa shape index (κ1) is 39.7. The summed E-state index contributed by atoms with van der Waals surface area (Å²) < 4.78 is 12.3. The van der Waals surface area contributed by atoms with E-state index >= 15 is 0 Å². The van der Waals surface area contributed by atoms with Gasteiger partial charge in [0.25, 0.3) is 5.28 Å². The number of unbranched alkanes of at least 4 members (excludes halogenated alkanes) is 20. The van der Waals surface area contributed by atoms with Crippen LogP contribution in [0.2, 0.25) is 0 Å². The van der Waals surface area contributed by atoms with Crippen LogP contribution >= 0.6 is 7.60 Å². The molecular weight excluding hydrogens is 545 g/mol. The molecule has 10 heteroatoms. The largest absolute Gasteiger partial charge is 0.479 e. The summed E-state index contributed by atoms with van der Waals surface area (Å²) in [5.74, 6) is -4.02. The van der Waals surface area contributed by atoms with Crippen molar-refractivity contribution in [3.63, 3.8) is 0 Å². The third-order valence-corrected chi connectivity index (χ3v) is 9.40. The first-order chi connectivity index (χ1) is 19.6. The van der Waals surface area contributed by atoms with Crippen LogP contribution in [0.15, 0.2) is 0 Å². The topological polar surface area (TPSA) is 152 Å². The van der Waals surface area contributed by atoms with Crippen LogP contribution in [0.1, 0.15) is 168 Å². The molecule has 0 bridgehead atoms. The van der Waals surface area contributed by atoms with E-state index in [0.29, 0.717) is 25.7 Å². The molecule has 9 nitrogen and oxygen atoms in total. The highest BCUT2D eigenvalue weighted by molar-refractivity contribution is 7.54. The van der Waals surface area contributed by atoms with Crippen LogP contribution in [0.4, 0.5) is 0 Å². The Kier molecular flexibility index (Phi) is 23.4. The van der Waals surface area contributed by atoms with Gasteiger partial charge in [0.1, 0.15) is 0 Å². The lowest BCUT2D eigenvalue weighted by Crippen LogP contribution is -2.61. The maximum atomic E-state index is 13.1. The van der Waals surface area contributed by atoms with Gasteiger partial charge in [0.15, 0.2) is 0 Å². The molecule has 0 aliphatic carbocycles. The second kappa shape index (κ2) is 24.2. The van der Waals surface area contributed by atoms with Crippen LogP contribution in [-0.4, -0.2) is 54.6 Å². The van der Waals surface area contributed by atoms with Crippen molar-refractivity contribution in [3.8, 4) is 0 Å². The Morgan fingerprint density at radius 3 is 1.05 bits per heavy atom. The predicted octanol–water partition coefficient (Wildman–Crippen LogP) is 7.69. The van der Waals surface area contributed by atoms with Gasteiger partial charge in [-0.05, 0) is 12.8 Å². The molecule has 0 aromatic heterocycles. The van der Waals surface area contributed by atoms with E-state index in [9.17, 15) is 38.9 Å². The Balaban J connectivity index is 4.83. The predicted molar refractivity (Wildman–Crippen MR) is 164 cm³/mol. The van der Waals surface area contributed by atoms with Gasteiger partial charge in [0, 0.05) is 12.8 Å². The highest BCUT2D eigenvalue weighted by Crippen LogP contribution is 2.53. The molecular formula is C31H60NO8P. The first-order valence-electron chi connectivity index (χ1n) is 16.4. The molecule has 0 aliphatic rings. The first-order valence-corrected chi connectivity index (χ1v) is 18.0. The summed E-state index contributed by atoms with van der Waals surface area (Å²) in [4.78, 5) is 58.2. The van der Waals surface area contributed by atoms with Crippen LogP contribution in [0.25, 0.3) is 0 Å². The van der Waals surface area contributed by atoms with Crippen molar-refractivity contribution in [3.05, 3.63) is 0 Å². The van der Waals surface area contributed by atoms with Crippen molar-refractivity contribution >= 4 is 25.4 Å². The molecule has 0 fully saturated rings. The van der Waals surface area contributed by atoms with Crippen LogP contribution in [0, 0.1) is 0 Å². The minimum absolute atomic E-state index is 0.169. The number of aliphatic hydroxyl groups is 1. The third-order valence-electron chi connectivity index (χ3n) is 7.90. The molecule has 0 rings (SSSR count). The molecule has 0 aliphatic heterocycles. The number of carbonyl (C=O) groups excluding carboxylic acids is 2. The summed E-state index contributed by atoms with van der Waals surface area (Å²) in [7, 11) is -5.63. The van der Waals surface area contributed by atoms with Crippen molar-refractivity contribution < 1.29 is 38.9 Å². The van der Waals surface area contributed by atoms with E-state index in [4.69, 9.17) is 0 Å². The van der Waals surface area contributed by atoms with Crippen LogP contribution in [-0.2, 0) is 18.9 Å². The van der Waals surface area contributed by atoms with E-state index < -0.39 is 37.3 Å². The van der Waals surface area contributed by atoms with Crippen molar-refractivity contribution in [1.82, 2.24) is 4.90 Å². The number of imide groups is 1. The third kappa shape index (κ3) is 16.2. The average Bonchev–Trinajstić information content (AvgIpc) is 2.92. The van der Waals surface area contributed by atoms with Gasteiger partial charge in [-0.3, -0.25) is 19.1 Å².